The van der Waals surface area contributed by atoms with E-state index in [9.17, 15) is 4.79 Å². The van der Waals surface area contributed by atoms with Gasteiger partial charge in [-0.1, -0.05) is 0 Å². The van der Waals surface area contributed by atoms with Gasteiger partial charge in [0.25, 0.3) is 0 Å². The van der Waals surface area contributed by atoms with E-state index >= 15 is 0 Å². The van der Waals surface area contributed by atoms with Gasteiger partial charge in [0.05, 0.1) is 6.04 Å². The molecule has 0 aliphatic rings. The van der Waals surface area contributed by atoms with Crippen LogP contribution in [-0.2, 0) is 4.79 Å². The van der Waals surface area contributed by atoms with Crippen LogP contribution in [0.15, 0.2) is 0 Å². The number of hydrogen-bond donors (Lipinski definition) is 3. The third-order valence-corrected chi connectivity index (χ3v) is 1.95. The predicted octanol–water partition coefficient (Wildman–Crippen LogP) is -0.867. The van der Waals surface area contributed by atoms with Crippen molar-refractivity contribution in [1.29, 1.82) is 0 Å². The molecule has 0 saturated carbocycles. The van der Waals surface area contributed by atoms with Crippen molar-refractivity contribution in [2.24, 2.45) is 0 Å². The van der Waals surface area contributed by atoms with E-state index in [1.807, 2.05) is 0 Å². The van der Waals surface area contributed by atoms with Gasteiger partial charge < -0.3 is 16.0 Å². The minimum atomic E-state index is -0.0842. The van der Waals surface area contributed by atoms with Crippen LogP contribution >= 0.6 is 9.24 Å². The zero-order chi connectivity index (χ0) is 9.40. The first-order chi connectivity index (χ1) is 5.76. The molecule has 1 amide bonds. The summed E-state index contributed by atoms with van der Waals surface area (Å²) in [4.78, 5) is 11.1. The number of nitrogens with one attached hydrogen (secondary N) is 3. The normalized spacial score (nSPS) is 12.6. The highest BCUT2D eigenvalue weighted by Crippen LogP contribution is 1.89. The Morgan fingerprint density at radius 3 is 2.58 bits per heavy atom. The van der Waals surface area contributed by atoms with Gasteiger partial charge in [0.1, 0.15) is 0 Å². The summed E-state index contributed by atoms with van der Waals surface area (Å²) in [5.41, 5.74) is 0. The summed E-state index contributed by atoms with van der Waals surface area (Å²) in [7, 11) is 6.02. The number of likely N-dealkylation sites (N-methyl/N-ethyl adjacent to an activating group) is 2. The Morgan fingerprint density at radius 2 is 2.17 bits per heavy atom. The standard InChI is InChI=1S/C7H18N3OP/c1-8-6(7(11)9-2)3-4-10-5-12/h6,8,10H,3-5,12H2,1-2H3,(H,9,11). The molecule has 72 valence electrons. The third kappa shape index (κ3) is 4.65. The molecule has 0 aromatic heterocycles. The molecule has 0 rings (SSSR count). The quantitative estimate of drug-likeness (QED) is 0.378. The van der Waals surface area contributed by atoms with Crippen LogP contribution in [0.25, 0.3) is 0 Å². The molecule has 0 radical (unpaired) electrons. The van der Waals surface area contributed by atoms with E-state index in [1.54, 1.807) is 14.1 Å². The summed E-state index contributed by atoms with van der Waals surface area (Å²) in [6.45, 7) is 0.850. The van der Waals surface area contributed by atoms with Crippen molar-refractivity contribution >= 4 is 15.1 Å². The fraction of sp³-hybridized carbons (Fsp3) is 0.857. The van der Waals surface area contributed by atoms with Crippen LogP contribution in [0, 0.1) is 0 Å². The van der Waals surface area contributed by atoms with E-state index in [-0.39, 0.29) is 11.9 Å². The molecule has 5 heteroatoms. The number of hydrogen-bond acceptors (Lipinski definition) is 3. The van der Waals surface area contributed by atoms with Crippen LogP contribution < -0.4 is 16.0 Å². The minimum Gasteiger partial charge on any atom is -0.358 e. The second-order valence-electron chi connectivity index (χ2n) is 2.45. The van der Waals surface area contributed by atoms with Crippen molar-refractivity contribution in [3.8, 4) is 0 Å². The molecule has 0 saturated heterocycles. The zero-order valence-corrected chi connectivity index (χ0v) is 8.84. The van der Waals surface area contributed by atoms with E-state index in [0.717, 1.165) is 19.3 Å². The topological polar surface area (TPSA) is 53.2 Å². The summed E-state index contributed by atoms with van der Waals surface area (Å²) in [6.07, 6.45) is 1.68. The highest BCUT2D eigenvalue weighted by molar-refractivity contribution is 7.16. The third-order valence-electron chi connectivity index (χ3n) is 1.67. The van der Waals surface area contributed by atoms with Gasteiger partial charge in [-0.15, -0.1) is 9.24 Å². The van der Waals surface area contributed by atoms with Gasteiger partial charge in [0.15, 0.2) is 0 Å². The molecule has 4 nitrogen and oxygen atoms in total. The summed E-state index contributed by atoms with van der Waals surface area (Å²) >= 11 is 0. The molecule has 0 spiro atoms. The molecule has 2 atom stereocenters. The Labute approximate surface area is 76.1 Å². The molecule has 0 aliphatic carbocycles. The lowest BCUT2D eigenvalue weighted by atomic mass is 10.2. The van der Waals surface area contributed by atoms with Crippen LogP contribution in [0.3, 0.4) is 0 Å². The van der Waals surface area contributed by atoms with Crippen LogP contribution in [0.5, 0.6) is 0 Å². The van der Waals surface area contributed by atoms with E-state index in [1.165, 1.54) is 0 Å². The Bertz CT molecular complexity index is 132. The molecule has 12 heavy (non-hydrogen) atoms. The lowest BCUT2D eigenvalue weighted by molar-refractivity contribution is -0.122. The smallest absolute Gasteiger partial charge is 0.236 e. The van der Waals surface area contributed by atoms with E-state index < -0.39 is 0 Å². The van der Waals surface area contributed by atoms with Gasteiger partial charge in [-0.3, -0.25) is 4.79 Å². The molecule has 0 aromatic carbocycles. The Kier molecular flexibility index (Phi) is 7.36. The monoisotopic (exact) mass is 191 g/mol. The molecule has 0 aromatic rings. The first-order valence-corrected chi connectivity index (χ1v) is 4.87. The van der Waals surface area contributed by atoms with Crippen LogP contribution in [0.4, 0.5) is 0 Å². The van der Waals surface area contributed by atoms with Gasteiger partial charge in [0.2, 0.25) is 5.91 Å². The highest BCUT2D eigenvalue weighted by atomic mass is 31.0. The van der Waals surface area contributed by atoms with E-state index in [0.29, 0.717) is 0 Å². The largest absolute Gasteiger partial charge is 0.358 e. The fourth-order valence-electron chi connectivity index (χ4n) is 0.929. The maximum absolute atomic E-state index is 11.1. The predicted molar refractivity (Wildman–Crippen MR) is 54.1 cm³/mol. The van der Waals surface area contributed by atoms with Gasteiger partial charge in [0, 0.05) is 13.3 Å². The highest BCUT2D eigenvalue weighted by Gasteiger charge is 2.12. The maximum Gasteiger partial charge on any atom is 0.236 e. The average Bonchev–Trinajstić information content (AvgIpc) is 2.11. The molecule has 0 aliphatic heterocycles. The second-order valence-corrected chi connectivity index (χ2v) is 2.86. The molecule has 0 heterocycles. The molecule has 0 fully saturated rings. The number of carbonyl (C=O) groups is 1. The zero-order valence-electron chi connectivity index (χ0n) is 7.68. The Hall–Kier alpha value is -0.180. The van der Waals surface area contributed by atoms with Gasteiger partial charge in [-0.25, -0.2) is 0 Å². The van der Waals surface area contributed by atoms with Crippen LogP contribution in [-0.4, -0.2) is 38.9 Å². The number of amides is 1. The summed E-state index contributed by atoms with van der Waals surface area (Å²) in [5, 5.41) is 8.70. The minimum absolute atomic E-state index is 0.0445. The fourth-order valence-corrected chi connectivity index (χ4v) is 1.13. The second kappa shape index (κ2) is 7.47. The molecule has 3 N–H and O–H groups in total. The van der Waals surface area contributed by atoms with E-state index in [2.05, 4.69) is 25.2 Å². The van der Waals surface area contributed by atoms with Crippen molar-refractivity contribution in [1.82, 2.24) is 16.0 Å². The van der Waals surface area contributed by atoms with Crippen molar-refractivity contribution < 1.29 is 4.79 Å². The van der Waals surface area contributed by atoms with Gasteiger partial charge in [-0.05, 0) is 20.0 Å². The summed E-state index contributed by atoms with van der Waals surface area (Å²) < 4.78 is 0. The van der Waals surface area contributed by atoms with Crippen LogP contribution in [0.1, 0.15) is 6.42 Å². The summed E-state index contributed by atoms with van der Waals surface area (Å²) in [5.74, 6) is 0.0445. The first-order valence-electron chi connectivity index (χ1n) is 4.06. The molecule has 2 unspecified atom stereocenters. The van der Waals surface area contributed by atoms with Crippen molar-refractivity contribution in [2.45, 2.75) is 12.5 Å². The first kappa shape index (κ1) is 11.8. The Balaban J connectivity index is 3.60. The van der Waals surface area contributed by atoms with Crippen molar-refractivity contribution in [3.63, 3.8) is 0 Å². The van der Waals surface area contributed by atoms with Crippen molar-refractivity contribution in [3.05, 3.63) is 0 Å². The van der Waals surface area contributed by atoms with Gasteiger partial charge >= 0.3 is 0 Å². The molecular weight excluding hydrogens is 173 g/mol. The van der Waals surface area contributed by atoms with Gasteiger partial charge in [-0.2, -0.15) is 0 Å². The molecular formula is C7H18N3OP. The number of carbonyl (C=O) groups excluding carboxylic acids is 1. The lowest BCUT2D eigenvalue weighted by Gasteiger charge is -2.13. The number of rotatable bonds is 6. The SMILES string of the molecule is CNC(=O)C(CCNCP)NC. The maximum atomic E-state index is 11.1. The molecule has 0 bridgehead atoms. The van der Waals surface area contributed by atoms with Crippen molar-refractivity contribution in [2.75, 3.05) is 26.9 Å². The Morgan fingerprint density at radius 1 is 1.50 bits per heavy atom. The van der Waals surface area contributed by atoms with Crippen LogP contribution in [0.2, 0.25) is 0 Å². The van der Waals surface area contributed by atoms with E-state index in [4.69, 9.17) is 0 Å². The average molecular weight is 191 g/mol. The lowest BCUT2D eigenvalue weighted by Crippen LogP contribution is -2.42. The summed E-state index contributed by atoms with van der Waals surface area (Å²) in [6, 6.07) is -0.0842.